The van der Waals surface area contributed by atoms with Crippen molar-refractivity contribution in [3.63, 3.8) is 0 Å². The van der Waals surface area contributed by atoms with E-state index in [-0.39, 0.29) is 25.5 Å². The molecule has 6 nitrogen and oxygen atoms in total. The van der Waals surface area contributed by atoms with Gasteiger partial charge in [-0.25, -0.2) is 0 Å². The minimum absolute atomic E-state index is 0.0122. The van der Waals surface area contributed by atoms with E-state index in [0.29, 0.717) is 24.4 Å². The number of rotatable bonds is 4. The molecule has 0 N–H and O–H groups in total. The van der Waals surface area contributed by atoms with Crippen LogP contribution in [-0.2, 0) is 22.4 Å². The summed E-state index contributed by atoms with van der Waals surface area (Å²) in [7, 11) is 0. The Morgan fingerprint density at radius 1 is 0.750 bits per heavy atom. The molecule has 2 unspecified atom stereocenters. The van der Waals surface area contributed by atoms with Crippen LogP contribution in [0.4, 0.5) is 0 Å². The van der Waals surface area contributed by atoms with Gasteiger partial charge in [-0.2, -0.15) is 0 Å². The summed E-state index contributed by atoms with van der Waals surface area (Å²) in [5, 5.41) is 0. The van der Waals surface area contributed by atoms with Crippen LogP contribution in [0.1, 0.15) is 11.1 Å². The van der Waals surface area contributed by atoms with E-state index in [1.165, 1.54) is 11.1 Å². The number of carbonyl (C=O) groups is 1. The molecule has 6 heteroatoms. The standard InChI is InChI=1S/C22H20O6/c23-22-21-15(6-13-2-4-17-19(8-13)28-11-26-17)20(21)14(9-24-22)5-12-1-3-16-18(7-12)27-10-25-16/h1-4,7-8,14-15,20-21H,5-6,9-11H2/t14-,15+,20?,21?/m0/s1. The second-order valence-corrected chi connectivity index (χ2v) is 7.94. The van der Waals surface area contributed by atoms with Crippen molar-refractivity contribution in [3.8, 4) is 23.0 Å². The number of hydrogen-bond donors (Lipinski definition) is 0. The summed E-state index contributed by atoms with van der Waals surface area (Å²) >= 11 is 0. The van der Waals surface area contributed by atoms with Crippen molar-refractivity contribution in [1.82, 2.24) is 0 Å². The number of esters is 1. The molecule has 6 rings (SSSR count). The molecule has 4 aliphatic rings. The minimum Gasteiger partial charge on any atom is -0.465 e. The van der Waals surface area contributed by atoms with Crippen LogP contribution in [0.3, 0.4) is 0 Å². The van der Waals surface area contributed by atoms with E-state index in [9.17, 15) is 4.79 Å². The molecular formula is C22H20O6. The maximum absolute atomic E-state index is 12.3. The fourth-order valence-electron chi connectivity index (χ4n) is 4.94. The van der Waals surface area contributed by atoms with Crippen molar-refractivity contribution < 1.29 is 28.5 Å². The van der Waals surface area contributed by atoms with E-state index < -0.39 is 0 Å². The molecule has 2 aromatic carbocycles. The third-order valence-corrected chi connectivity index (χ3v) is 6.33. The second kappa shape index (κ2) is 6.06. The van der Waals surface area contributed by atoms with Crippen molar-refractivity contribution >= 4 is 5.97 Å². The smallest absolute Gasteiger partial charge is 0.309 e. The van der Waals surface area contributed by atoms with Gasteiger partial charge in [0, 0.05) is 5.92 Å². The van der Waals surface area contributed by atoms with E-state index in [4.69, 9.17) is 23.7 Å². The molecule has 0 spiro atoms. The van der Waals surface area contributed by atoms with Crippen LogP contribution in [0.5, 0.6) is 23.0 Å². The van der Waals surface area contributed by atoms with Crippen molar-refractivity contribution in [2.24, 2.45) is 23.7 Å². The zero-order chi connectivity index (χ0) is 18.7. The Hall–Kier alpha value is -2.89. The number of hydrogen-bond acceptors (Lipinski definition) is 6. The fourth-order valence-corrected chi connectivity index (χ4v) is 4.94. The number of ether oxygens (including phenoxy) is 5. The molecule has 4 atom stereocenters. The number of cyclic esters (lactones) is 1. The first-order chi connectivity index (χ1) is 13.8. The van der Waals surface area contributed by atoms with Crippen LogP contribution in [0, 0.1) is 23.7 Å². The topological polar surface area (TPSA) is 63.2 Å². The zero-order valence-corrected chi connectivity index (χ0v) is 15.3. The third-order valence-electron chi connectivity index (χ3n) is 6.33. The van der Waals surface area contributed by atoms with Crippen molar-refractivity contribution in [3.05, 3.63) is 47.5 Å². The molecule has 2 aromatic rings. The van der Waals surface area contributed by atoms with Crippen LogP contribution in [0.25, 0.3) is 0 Å². The number of carbonyl (C=O) groups excluding carboxylic acids is 1. The van der Waals surface area contributed by atoms with Crippen LogP contribution < -0.4 is 18.9 Å². The van der Waals surface area contributed by atoms with Crippen LogP contribution >= 0.6 is 0 Å². The molecule has 1 saturated carbocycles. The van der Waals surface area contributed by atoms with Gasteiger partial charge >= 0.3 is 5.97 Å². The first kappa shape index (κ1) is 16.1. The van der Waals surface area contributed by atoms with Gasteiger partial charge in [0.15, 0.2) is 23.0 Å². The molecule has 0 bridgehead atoms. The Labute approximate surface area is 162 Å². The highest BCUT2D eigenvalue weighted by atomic mass is 16.7. The fraction of sp³-hybridized carbons (Fsp3) is 0.409. The maximum atomic E-state index is 12.3. The lowest BCUT2D eigenvalue weighted by atomic mass is 9.91. The molecule has 2 fully saturated rings. The van der Waals surface area contributed by atoms with E-state index >= 15 is 0 Å². The lowest BCUT2D eigenvalue weighted by molar-refractivity contribution is -0.151. The largest absolute Gasteiger partial charge is 0.465 e. The monoisotopic (exact) mass is 380 g/mol. The summed E-state index contributed by atoms with van der Waals surface area (Å²) in [6.07, 6.45) is 1.74. The molecule has 3 aliphatic heterocycles. The average Bonchev–Trinajstić information content (AvgIpc) is 3.06. The van der Waals surface area contributed by atoms with E-state index in [1.807, 2.05) is 24.3 Å². The van der Waals surface area contributed by atoms with Gasteiger partial charge in [-0.15, -0.1) is 0 Å². The van der Waals surface area contributed by atoms with Crippen molar-refractivity contribution in [2.45, 2.75) is 12.8 Å². The van der Waals surface area contributed by atoms with Gasteiger partial charge in [-0.1, -0.05) is 12.1 Å². The van der Waals surface area contributed by atoms with Crippen molar-refractivity contribution in [2.75, 3.05) is 20.2 Å². The molecule has 0 radical (unpaired) electrons. The SMILES string of the molecule is O=C1OC[C@H](Cc2ccc3c(c2)OCO3)C2C1[C@@H]2Cc1ccc2c(c1)OCO2. The summed E-state index contributed by atoms with van der Waals surface area (Å²) < 4.78 is 27.3. The number of fused-ring (bicyclic) bond motifs is 3. The Kier molecular flexibility index (Phi) is 3.48. The highest BCUT2D eigenvalue weighted by Gasteiger charge is 2.61. The molecular weight excluding hydrogens is 360 g/mol. The Bertz CT molecular complexity index is 954. The van der Waals surface area contributed by atoms with Gasteiger partial charge in [0.05, 0.1) is 12.5 Å². The predicted octanol–water partition coefficient (Wildman–Crippen LogP) is 2.96. The highest BCUT2D eigenvalue weighted by molar-refractivity contribution is 5.77. The predicted molar refractivity (Wildman–Crippen MR) is 97.5 cm³/mol. The van der Waals surface area contributed by atoms with Crippen LogP contribution in [0.2, 0.25) is 0 Å². The summed E-state index contributed by atoms with van der Waals surface area (Å²) in [6, 6.07) is 12.1. The molecule has 0 amide bonds. The first-order valence-corrected chi connectivity index (χ1v) is 9.70. The molecule has 1 aliphatic carbocycles. The second-order valence-electron chi connectivity index (χ2n) is 7.94. The van der Waals surface area contributed by atoms with E-state index in [1.54, 1.807) is 0 Å². The molecule has 28 heavy (non-hydrogen) atoms. The van der Waals surface area contributed by atoms with E-state index in [0.717, 1.165) is 35.8 Å². The summed E-state index contributed by atoms with van der Waals surface area (Å²) in [4.78, 5) is 12.3. The minimum atomic E-state index is -0.0438. The van der Waals surface area contributed by atoms with E-state index in [2.05, 4.69) is 12.1 Å². The lowest BCUT2D eigenvalue weighted by Crippen LogP contribution is -2.26. The Balaban J connectivity index is 1.19. The zero-order valence-electron chi connectivity index (χ0n) is 15.3. The van der Waals surface area contributed by atoms with Crippen molar-refractivity contribution in [1.29, 1.82) is 0 Å². The lowest BCUT2D eigenvalue weighted by Gasteiger charge is -2.21. The van der Waals surface area contributed by atoms with Crippen LogP contribution in [0.15, 0.2) is 36.4 Å². The van der Waals surface area contributed by atoms with Gasteiger partial charge in [-0.05, 0) is 60.1 Å². The molecule has 0 aromatic heterocycles. The maximum Gasteiger partial charge on any atom is 0.309 e. The Morgan fingerprint density at radius 3 is 2.04 bits per heavy atom. The first-order valence-electron chi connectivity index (χ1n) is 9.70. The van der Waals surface area contributed by atoms with Gasteiger partial charge in [0.25, 0.3) is 0 Å². The third kappa shape index (κ3) is 2.58. The summed E-state index contributed by atoms with van der Waals surface area (Å²) in [6.45, 7) is 1.05. The quantitative estimate of drug-likeness (QED) is 0.760. The normalized spacial score (nSPS) is 28.6. The van der Waals surface area contributed by atoms with Gasteiger partial charge < -0.3 is 23.7 Å². The van der Waals surface area contributed by atoms with Crippen LogP contribution in [-0.4, -0.2) is 26.2 Å². The molecule has 3 heterocycles. The molecule has 1 saturated heterocycles. The number of benzene rings is 2. The molecule has 144 valence electrons. The average molecular weight is 380 g/mol. The van der Waals surface area contributed by atoms with Gasteiger partial charge in [0.1, 0.15) is 0 Å². The van der Waals surface area contributed by atoms with Gasteiger partial charge in [-0.3, -0.25) is 4.79 Å². The van der Waals surface area contributed by atoms with Gasteiger partial charge in [0.2, 0.25) is 13.6 Å². The summed E-state index contributed by atoms with van der Waals surface area (Å²) in [5.41, 5.74) is 2.37. The Morgan fingerprint density at radius 2 is 1.36 bits per heavy atom. The summed E-state index contributed by atoms with van der Waals surface area (Å²) in [5.74, 6) is 4.18. The highest BCUT2D eigenvalue weighted by Crippen LogP contribution is 2.57.